The number of benzene rings is 2. The summed E-state index contributed by atoms with van der Waals surface area (Å²) < 4.78 is 52.7. The van der Waals surface area contributed by atoms with E-state index in [1.807, 2.05) is 0 Å². The summed E-state index contributed by atoms with van der Waals surface area (Å²) in [5, 5.41) is 2.85. The Morgan fingerprint density at radius 3 is 2.15 bits per heavy atom. The second kappa shape index (κ2) is 5.83. The van der Waals surface area contributed by atoms with Crippen molar-refractivity contribution in [1.29, 1.82) is 0 Å². The van der Waals surface area contributed by atoms with Crippen molar-refractivity contribution in [2.75, 3.05) is 5.32 Å². The molecule has 0 unspecified atom stereocenters. The van der Waals surface area contributed by atoms with E-state index in [-0.39, 0.29) is 12.1 Å². The standard InChI is InChI=1S/C14H10BrF4N/c1-7-2-9(15)10(16)5-13(7)20-6-8-3-11(17)14(19)12(18)4-8/h2-5,20H,6H2,1H3. The molecule has 0 heterocycles. The van der Waals surface area contributed by atoms with Gasteiger partial charge in [-0.25, -0.2) is 17.6 Å². The highest BCUT2D eigenvalue weighted by Crippen LogP contribution is 2.24. The minimum atomic E-state index is -1.50. The van der Waals surface area contributed by atoms with Gasteiger partial charge in [-0.3, -0.25) is 0 Å². The van der Waals surface area contributed by atoms with E-state index < -0.39 is 23.3 Å². The van der Waals surface area contributed by atoms with Crippen LogP contribution in [0.3, 0.4) is 0 Å². The largest absolute Gasteiger partial charge is 0.381 e. The number of nitrogens with one attached hydrogen (secondary N) is 1. The Morgan fingerprint density at radius 2 is 1.55 bits per heavy atom. The predicted molar refractivity (Wildman–Crippen MR) is 72.5 cm³/mol. The lowest BCUT2D eigenvalue weighted by Crippen LogP contribution is -2.04. The molecule has 0 aliphatic rings. The Bertz CT molecular complexity index is 635. The minimum absolute atomic E-state index is 0.0516. The molecule has 0 radical (unpaired) electrons. The van der Waals surface area contributed by atoms with Crippen LogP contribution in [0.4, 0.5) is 23.2 Å². The third kappa shape index (κ3) is 3.12. The zero-order valence-electron chi connectivity index (χ0n) is 10.4. The van der Waals surface area contributed by atoms with Crippen LogP contribution in [0.15, 0.2) is 28.7 Å². The molecule has 0 saturated carbocycles. The molecule has 6 heteroatoms. The molecule has 2 aromatic carbocycles. The number of halogens is 5. The van der Waals surface area contributed by atoms with Gasteiger partial charge in [0.1, 0.15) is 5.82 Å². The molecule has 106 valence electrons. The van der Waals surface area contributed by atoms with E-state index >= 15 is 0 Å². The van der Waals surface area contributed by atoms with E-state index in [0.29, 0.717) is 10.2 Å². The van der Waals surface area contributed by atoms with E-state index in [2.05, 4.69) is 21.2 Å². The Kier molecular flexibility index (Phi) is 4.32. The van der Waals surface area contributed by atoms with E-state index in [1.54, 1.807) is 13.0 Å². The van der Waals surface area contributed by atoms with E-state index in [0.717, 1.165) is 17.7 Å². The van der Waals surface area contributed by atoms with E-state index in [1.165, 1.54) is 6.07 Å². The van der Waals surface area contributed by atoms with Crippen molar-refractivity contribution < 1.29 is 17.6 Å². The number of rotatable bonds is 3. The van der Waals surface area contributed by atoms with Gasteiger partial charge in [-0.15, -0.1) is 0 Å². The van der Waals surface area contributed by atoms with Crippen LogP contribution in [0, 0.1) is 30.2 Å². The number of aryl methyl sites for hydroxylation is 1. The average Bonchev–Trinajstić information content (AvgIpc) is 2.38. The van der Waals surface area contributed by atoms with Crippen LogP contribution in [0.5, 0.6) is 0 Å². The predicted octanol–water partition coefficient (Wildman–Crippen LogP) is 4.93. The van der Waals surface area contributed by atoms with Crippen LogP contribution in [0.25, 0.3) is 0 Å². The lowest BCUT2D eigenvalue weighted by molar-refractivity contribution is 0.445. The lowest BCUT2D eigenvalue weighted by Gasteiger charge is -2.11. The first-order chi connectivity index (χ1) is 9.38. The second-order valence-corrected chi connectivity index (χ2v) is 5.16. The Balaban J connectivity index is 2.19. The normalized spacial score (nSPS) is 10.7. The van der Waals surface area contributed by atoms with Crippen LogP contribution in [0.2, 0.25) is 0 Å². The summed E-state index contributed by atoms with van der Waals surface area (Å²) in [4.78, 5) is 0. The molecule has 0 aromatic heterocycles. The molecule has 0 bridgehead atoms. The second-order valence-electron chi connectivity index (χ2n) is 4.31. The molecule has 0 spiro atoms. The SMILES string of the molecule is Cc1cc(Br)c(F)cc1NCc1cc(F)c(F)c(F)c1. The van der Waals surface area contributed by atoms with Gasteiger partial charge in [-0.1, -0.05) is 0 Å². The summed E-state index contributed by atoms with van der Waals surface area (Å²) in [5.74, 6) is -4.45. The molecule has 2 rings (SSSR count). The molecule has 1 nitrogen and oxygen atoms in total. The van der Waals surface area contributed by atoms with Crippen molar-refractivity contribution in [2.24, 2.45) is 0 Å². The molecule has 0 fully saturated rings. The molecule has 1 N–H and O–H groups in total. The van der Waals surface area contributed by atoms with E-state index in [9.17, 15) is 17.6 Å². The Labute approximate surface area is 121 Å². The zero-order chi connectivity index (χ0) is 14.9. The number of hydrogen-bond donors (Lipinski definition) is 1. The van der Waals surface area contributed by atoms with Crippen LogP contribution in [0.1, 0.15) is 11.1 Å². The molecule has 0 atom stereocenters. The first-order valence-electron chi connectivity index (χ1n) is 5.71. The summed E-state index contributed by atoms with van der Waals surface area (Å²) in [6.45, 7) is 1.81. The fraction of sp³-hybridized carbons (Fsp3) is 0.143. The average molecular weight is 348 g/mol. The summed E-state index contributed by atoms with van der Waals surface area (Å²) in [6.07, 6.45) is 0. The summed E-state index contributed by atoms with van der Waals surface area (Å²) in [6, 6.07) is 4.66. The smallest absolute Gasteiger partial charge is 0.194 e. The number of anilines is 1. The topological polar surface area (TPSA) is 12.0 Å². The van der Waals surface area contributed by atoms with Gasteiger partial charge in [0.15, 0.2) is 17.5 Å². The fourth-order valence-electron chi connectivity index (χ4n) is 1.74. The molecule has 0 aliphatic heterocycles. The fourth-order valence-corrected chi connectivity index (χ4v) is 2.20. The van der Waals surface area contributed by atoms with Crippen molar-refractivity contribution >= 4 is 21.6 Å². The maximum Gasteiger partial charge on any atom is 0.194 e. The monoisotopic (exact) mass is 347 g/mol. The summed E-state index contributed by atoms with van der Waals surface area (Å²) >= 11 is 3.06. The lowest BCUT2D eigenvalue weighted by atomic mass is 10.1. The van der Waals surface area contributed by atoms with Crippen LogP contribution in [-0.4, -0.2) is 0 Å². The third-order valence-electron chi connectivity index (χ3n) is 2.79. The molecule has 0 aliphatic carbocycles. The third-order valence-corrected chi connectivity index (χ3v) is 3.40. The van der Waals surface area contributed by atoms with Gasteiger partial charge in [-0.2, -0.15) is 0 Å². The Hall–Kier alpha value is -1.56. The van der Waals surface area contributed by atoms with E-state index in [4.69, 9.17) is 0 Å². The van der Waals surface area contributed by atoms with Gasteiger partial charge < -0.3 is 5.32 Å². The van der Waals surface area contributed by atoms with Crippen molar-refractivity contribution in [3.63, 3.8) is 0 Å². The molecule has 0 amide bonds. The van der Waals surface area contributed by atoms with Crippen molar-refractivity contribution in [2.45, 2.75) is 13.5 Å². The number of hydrogen-bond acceptors (Lipinski definition) is 1. The van der Waals surface area contributed by atoms with Gasteiger partial charge in [0.25, 0.3) is 0 Å². The van der Waals surface area contributed by atoms with Crippen molar-refractivity contribution in [1.82, 2.24) is 0 Å². The molecular weight excluding hydrogens is 338 g/mol. The van der Waals surface area contributed by atoms with Crippen molar-refractivity contribution in [3.8, 4) is 0 Å². The minimum Gasteiger partial charge on any atom is -0.381 e. The van der Waals surface area contributed by atoms with Crippen molar-refractivity contribution in [3.05, 3.63) is 63.1 Å². The summed E-state index contributed by atoms with van der Waals surface area (Å²) in [5.41, 5.74) is 1.49. The first kappa shape index (κ1) is 14.8. The molecular formula is C14H10BrF4N. The summed E-state index contributed by atoms with van der Waals surface area (Å²) in [7, 11) is 0. The van der Waals surface area contributed by atoms with Gasteiger partial charge in [0.2, 0.25) is 0 Å². The van der Waals surface area contributed by atoms with Gasteiger partial charge in [0, 0.05) is 12.2 Å². The highest BCUT2D eigenvalue weighted by atomic mass is 79.9. The van der Waals surface area contributed by atoms with Gasteiger partial charge in [-0.05, 0) is 58.2 Å². The van der Waals surface area contributed by atoms with Crippen LogP contribution >= 0.6 is 15.9 Å². The van der Waals surface area contributed by atoms with Crippen LogP contribution < -0.4 is 5.32 Å². The first-order valence-corrected chi connectivity index (χ1v) is 6.50. The van der Waals surface area contributed by atoms with Gasteiger partial charge in [0.05, 0.1) is 4.47 Å². The maximum atomic E-state index is 13.4. The quantitative estimate of drug-likeness (QED) is 0.613. The zero-order valence-corrected chi connectivity index (χ0v) is 12.0. The molecule has 20 heavy (non-hydrogen) atoms. The highest BCUT2D eigenvalue weighted by Gasteiger charge is 2.11. The van der Waals surface area contributed by atoms with Gasteiger partial charge >= 0.3 is 0 Å². The maximum absolute atomic E-state index is 13.4. The Morgan fingerprint density at radius 1 is 0.950 bits per heavy atom. The van der Waals surface area contributed by atoms with Crippen LogP contribution in [-0.2, 0) is 6.54 Å². The molecule has 2 aromatic rings. The highest BCUT2D eigenvalue weighted by molar-refractivity contribution is 9.10. The molecule has 0 saturated heterocycles.